The number of thioether (sulfide) groups is 1. The van der Waals surface area contributed by atoms with Crippen LogP contribution < -0.4 is 5.32 Å². The number of nitrogens with one attached hydrogen (secondary N) is 1. The molecule has 80 valence electrons. The Hall–Kier alpha value is -0.470. The van der Waals surface area contributed by atoms with E-state index in [0.29, 0.717) is 6.04 Å². The molecule has 0 aromatic heterocycles. The van der Waals surface area contributed by atoms with Crippen LogP contribution in [0, 0.1) is 0 Å². The SMILES string of the molecule is CC1CCNC2c3ccccc3CC2S1. The fourth-order valence-electron chi connectivity index (χ4n) is 2.73. The summed E-state index contributed by atoms with van der Waals surface area (Å²) in [4.78, 5) is 0. The first-order valence-corrected chi connectivity index (χ1v) is 6.75. The van der Waals surface area contributed by atoms with Crippen molar-refractivity contribution in [3.8, 4) is 0 Å². The Morgan fingerprint density at radius 3 is 3.13 bits per heavy atom. The van der Waals surface area contributed by atoms with E-state index in [2.05, 4.69) is 48.3 Å². The third-order valence-electron chi connectivity index (χ3n) is 3.51. The Morgan fingerprint density at radius 2 is 2.20 bits per heavy atom. The molecule has 0 spiro atoms. The number of hydrogen-bond donors (Lipinski definition) is 1. The molecular weight excluding hydrogens is 202 g/mol. The van der Waals surface area contributed by atoms with Gasteiger partial charge in [0, 0.05) is 16.5 Å². The van der Waals surface area contributed by atoms with Gasteiger partial charge in [0.1, 0.15) is 0 Å². The van der Waals surface area contributed by atoms with Crippen LogP contribution in [-0.2, 0) is 6.42 Å². The van der Waals surface area contributed by atoms with Gasteiger partial charge in [0.25, 0.3) is 0 Å². The highest BCUT2D eigenvalue weighted by atomic mass is 32.2. The van der Waals surface area contributed by atoms with Gasteiger partial charge in [0.2, 0.25) is 0 Å². The lowest BCUT2D eigenvalue weighted by molar-refractivity contribution is 0.546. The monoisotopic (exact) mass is 219 g/mol. The third-order valence-corrected chi connectivity index (χ3v) is 4.99. The minimum Gasteiger partial charge on any atom is -0.309 e. The van der Waals surface area contributed by atoms with Crippen molar-refractivity contribution in [2.75, 3.05) is 6.54 Å². The predicted octanol–water partition coefficient (Wildman–Crippen LogP) is 2.77. The van der Waals surface area contributed by atoms with Gasteiger partial charge in [0.15, 0.2) is 0 Å². The van der Waals surface area contributed by atoms with Crippen molar-refractivity contribution in [3.05, 3.63) is 35.4 Å². The molecule has 1 saturated heterocycles. The van der Waals surface area contributed by atoms with Crippen LogP contribution in [0.1, 0.15) is 30.5 Å². The van der Waals surface area contributed by atoms with E-state index in [-0.39, 0.29) is 0 Å². The maximum atomic E-state index is 3.71. The fraction of sp³-hybridized carbons (Fsp3) is 0.538. The van der Waals surface area contributed by atoms with Gasteiger partial charge in [-0.1, -0.05) is 31.2 Å². The van der Waals surface area contributed by atoms with Crippen LogP contribution in [0.2, 0.25) is 0 Å². The molecular formula is C13H17NS. The van der Waals surface area contributed by atoms with E-state index in [0.717, 1.165) is 10.5 Å². The molecule has 0 saturated carbocycles. The number of rotatable bonds is 0. The van der Waals surface area contributed by atoms with Gasteiger partial charge in [0.05, 0.1) is 0 Å². The zero-order valence-corrected chi connectivity index (χ0v) is 9.89. The molecule has 3 unspecified atom stereocenters. The normalized spacial score (nSPS) is 34.3. The Balaban J connectivity index is 1.93. The van der Waals surface area contributed by atoms with Gasteiger partial charge < -0.3 is 5.32 Å². The summed E-state index contributed by atoms with van der Waals surface area (Å²) in [6.45, 7) is 3.53. The van der Waals surface area contributed by atoms with Gasteiger partial charge in [-0.3, -0.25) is 0 Å². The van der Waals surface area contributed by atoms with Crippen LogP contribution in [0.5, 0.6) is 0 Å². The Bertz CT molecular complexity index is 363. The molecule has 1 aromatic carbocycles. The molecule has 3 atom stereocenters. The molecule has 1 aliphatic heterocycles. The Morgan fingerprint density at radius 1 is 1.33 bits per heavy atom. The second-order valence-electron chi connectivity index (χ2n) is 4.61. The van der Waals surface area contributed by atoms with Gasteiger partial charge >= 0.3 is 0 Å². The van der Waals surface area contributed by atoms with Crippen molar-refractivity contribution in [2.24, 2.45) is 0 Å². The van der Waals surface area contributed by atoms with Gasteiger partial charge in [-0.2, -0.15) is 11.8 Å². The smallest absolute Gasteiger partial charge is 0.0446 e. The van der Waals surface area contributed by atoms with Crippen molar-refractivity contribution < 1.29 is 0 Å². The summed E-state index contributed by atoms with van der Waals surface area (Å²) in [6.07, 6.45) is 2.56. The summed E-state index contributed by atoms with van der Waals surface area (Å²) in [7, 11) is 0. The zero-order chi connectivity index (χ0) is 10.3. The van der Waals surface area contributed by atoms with Crippen LogP contribution in [0.25, 0.3) is 0 Å². The first kappa shape index (κ1) is 9.73. The second kappa shape index (κ2) is 3.84. The van der Waals surface area contributed by atoms with Crippen molar-refractivity contribution in [2.45, 2.75) is 36.3 Å². The van der Waals surface area contributed by atoms with Gasteiger partial charge in [-0.15, -0.1) is 0 Å². The van der Waals surface area contributed by atoms with Crippen LogP contribution >= 0.6 is 11.8 Å². The van der Waals surface area contributed by atoms with Crippen LogP contribution in [0.15, 0.2) is 24.3 Å². The van der Waals surface area contributed by atoms with Crippen molar-refractivity contribution >= 4 is 11.8 Å². The summed E-state index contributed by atoms with van der Waals surface area (Å²) in [5.41, 5.74) is 3.10. The lowest BCUT2D eigenvalue weighted by Gasteiger charge is -2.18. The molecule has 2 aliphatic rings. The average molecular weight is 219 g/mol. The maximum Gasteiger partial charge on any atom is 0.0446 e. The summed E-state index contributed by atoms with van der Waals surface area (Å²) in [5.74, 6) is 0. The molecule has 1 heterocycles. The summed E-state index contributed by atoms with van der Waals surface area (Å²) < 4.78 is 0. The van der Waals surface area contributed by atoms with Crippen molar-refractivity contribution in [1.82, 2.24) is 5.32 Å². The van der Waals surface area contributed by atoms with E-state index in [9.17, 15) is 0 Å². The summed E-state index contributed by atoms with van der Waals surface area (Å²) >= 11 is 2.17. The highest BCUT2D eigenvalue weighted by Gasteiger charge is 2.34. The second-order valence-corrected chi connectivity index (χ2v) is 6.29. The first-order chi connectivity index (χ1) is 7.34. The molecule has 0 amide bonds. The number of fused-ring (bicyclic) bond motifs is 3. The van der Waals surface area contributed by atoms with Crippen LogP contribution in [0.4, 0.5) is 0 Å². The predicted molar refractivity (Wildman–Crippen MR) is 66.3 cm³/mol. The quantitative estimate of drug-likeness (QED) is 0.720. The minimum absolute atomic E-state index is 0.608. The fourth-order valence-corrected chi connectivity index (χ4v) is 4.26. The molecule has 2 heteroatoms. The van der Waals surface area contributed by atoms with Gasteiger partial charge in [-0.05, 0) is 30.5 Å². The average Bonchev–Trinajstić information content (AvgIpc) is 2.46. The minimum atomic E-state index is 0.608. The number of benzene rings is 1. The topological polar surface area (TPSA) is 12.0 Å². The standard InChI is InChI=1S/C13H17NS/c1-9-6-7-14-13-11-5-3-2-4-10(11)8-12(13)15-9/h2-5,9,12-14H,6-8H2,1H3. The Labute approximate surface area is 95.6 Å². The molecule has 15 heavy (non-hydrogen) atoms. The zero-order valence-electron chi connectivity index (χ0n) is 9.07. The summed E-state index contributed by atoms with van der Waals surface area (Å²) in [5, 5.41) is 5.28. The maximum absolute atomic E-state index is 3.71. The van der Waals surface area contributed by atoms with Crippen molar-refractivity contribution in [1.29, 1.82) is 0 Å². The van der Waals surface area contributed by atoms with E-state index >= 15 is 0 Å². The largest absolute Gasteiger partial charge is 0.309 e. The molecule has 1 aromatic rings. The van der Waals surface area contributed by atoms with Gasteiger partial charge in [-0.25, -0.2) is 0 Å². The first-order valence-electron chi connectivity index (χ1n) is 5.81. The molecule has 0 bridgehead atoms. The molecule has 1 N–H and O–H groups in total. The van der Waals surface area contributed by atoms with E-state index < -0.39 is 0 Å². The highest BCUT2D eigenvalue weighted by Crippen LogP contribution is 2.41. The third kappa shape index (κ3) is 1.70. The van der Waals surface area contributed by atoms with E-state index in [1.165, 1.54) is 19.4 Å². The highest BCUT2D eigenvalue weighted by molar-refractivity contribution is 8.00. The lowest BCUT2D eigenvalue weighted by Crippen LogP contribution is -2.25. The molecule has 3 rings (SSSR count). The Kier molecular flexibility index (Phi) is 2.49. The van der Waals surface area contributed by atoms with Crippen LogP contribution in [0.3, 0.4) is 0 Å². The van der Waals surface area contributed by atoms with E-state index in [1.54, 1.807) is 11.1 Å². The van der Waals surface area contributed by atoms with E-state index in [1.807, 2.05) is 0 Å². The van der Waals surface area contributed by atoms with Crippen molar-refractivity contribution in [3.63, 3.8) is 0 Å². The molecule has 1 aliphatic carbocycles. The van der Waals surface area contributed by atoms with E-state index in [4.69, 9.17) is 0 Å². The lowest BCUT2D eigenvalue weighted by atomic mass is 10.1. The molecule has 1 fully saturated rings. The number of hydrogen-bond acceptors (Lipinski definition) is 2. The van der Waals surface area contributed by atoms with Crippen LogP contribution in [-0.4, -0.2) is 17.0 Å². The molecule has 0 radical (unpaired) electrons. The summed E-state index contributed by atoms with van der Waals surface area (Å²) in [6, 6.07) is 9.52. The molecule has 1 nitrogen and oxygen atoms in total.